The van der Waals surface area contributed by atoms with Crippen LogP contribution in [-0.2, 0) is 9.53 Å². The minimum absolute atomic E-state index is 0.0235. The van der Waals surface area contributed by atoms with Crippen LogP contribution in [0.15, 0.2) is 0 Å². The summed E-state index contributed by atoms with van der Waals surface area (Å²) in [6.45, 7) is 9.49. The molecule has 0 amide bonds. The summed E-state index contributed by atoms with van der Waals surface area (Å²) in [4.78, 5) is 15.0. The third kappa shape index (κ3) is 3.24. The second-order valence-electron chi connectivity index (χ2n) is 11.6. The average Bonchev–Trinajstić information content (AvgIpc) is 2.99. The van der Waals surface area contributed by atoms with Crippen molar-refractivity contribution < 1.29 is 14.6 Å². The predicted molar refractivity (Wildman–Crippen MR) is 116 cm³/mol. The van der Waals surface area contributed by atoms with E-state index >= 15 is 0 Å². The van der Waals surface area contributed by atoms with E-state index in [-0.39, 0.29) is 29.0 Å². The van der Waals surface area contributed by atoms with E-state index in [4.69, 9.17) is 4.74 Å². The Kier molecular flexibility index (Phi) is 5.71. The van der Waals surface area contributed by atoms with Crippen LogP contribution in [0.2, 0.25) is 0 Å². The number of aliphatic hydroxyl groups is 1. The quantitative estimate of drug-likeness (QED) is 0.763. The van der Waals surface area contributed by atoms with Crippen molar-refractivity contribution in [1.29, 1.82) is 0 Å². The fourth-order valence-corrected chi connectivity index (χ4v) is 8.94. The molecule has 0 aliphatic heterocycles. The molecule has 0 saturated heterocycles. The maximum absolute atomic E-state index is 12.5. The number of carbonyl (C=O) groups excluding carboxylic acids is 1. The van der Waals surface area contributed by atoms with Gasteiger partial charge in [0.15, 0.2) is 0 Å². The SMILES string of the molecule is CCO[C@H]1C[C@]2(C)C3[C@@H](CC[C@H]2C[C@@H]1O)[C@@H]1CC[C@H](C(C)=O)[C@@]1(C)C[C@H]3N(C)C. The van der Waals surface area contributed by atoms with Gasteiger partial charge in [-0.1, -0.05) is 13.8 Å². The lowest BCUT2D eigenvalue weighted by molar-refractivity contribution is -0.189. The lowest BCUT2D eigenvalue weighted by Gasteiger charge is -2.65. The monoisotopic (exact) mass is 405 g/mol. The molecule has 0 aromatic carbocycles. The molecular weight excluding hydrogens is 362 g/mol. The van der Waals surface area contributed by atoms with Crippen LogP contribution in [0.25, 0.3) is 0 Å². The minimum Gasteiger partial charge on any atom is -0.390 e. The molecule has 0 aromatic heterocycles. The van der Waals surface area contributed by atoms with Gasteiger partial charge in [-0.15, -0.1) is 0 Å². The number of hydrogen-bond donors (Lipinski definition) is 1. The molecule has 0 bridgehead atoms. The van der Waals surface area contributed by atoms with Crippen LogP contribution in [0.4, 0.5) is 0 Å². The molecule has 0 radical (unpaired) electrons. The van der Waals surface area contributed by atoms with Crippen molar-refractivity contribution in [3.63, 3.8) is 0 Å². The van der Waals surface area contributed by atoms with Gasteiger partial charge in [-0.2, -0.15) is 0 Å². The molecule has 1 unspecified atom stereocenters. The Morgan fingerprint density at radius 2 is 1.83 bits per heavy atom. The van der Waals surface area contributed by atoms with E-state index in [9.17, 15) is 9.90 Å². The van der Waals surface area contributed by atoms with Gasteiger partial charge in [0.2, 0.25) is 0 Å². The Hall–Kier alpha value is -0.450. The smallest absolute Gasteiger partial charge is 0.133 e. The molecule has 0 aromatic rings. The van der Waals surface area contributed by atoms with Crippen molar-refractivity contribution in [2.75, 3.05) is 20.7 Å². The highest BCUT2D eigenvalue weighted by molar-refractivity contribution is 5.79. The van der Waals surface area contributed by atoms with E-state index in [1.54, 1.807) is 0 Å². The highest BCUT2D eigenvalue weighted by Gasteiger charge is 2.64. The number of rotatable bonds is 4. The van der Waals surface area contributed by atoms with Crippen molar-refractivity contribution in [3.05, 3.63) is 0 Å². The summed E-state index contributed by atoms with van der Waals surface area (Å²) in [6, 6.07) is 0.506. The van der Waals surface area contributed by atoms with Crippen LogP contribution in [0, 0.1) is 40.4 Å². The summed E-state index contributed by atoms with van der Waals surface area (Å²) in [7, 11) is 4.49. The number of ketones is 1. The standard InChI is InChI=1S/C25H43NO3/c1-7-29-22-14-24(3)16(12-21(22)28)8-9-17-19-11-10-18(15(2)27)25(19,4)13-20(23(17)24)26(5)6/h16-23,28H,7-14H2,1-6H3/t16-,17-,18+,19-,20+,21-,22-,23?,24-,25+/m0/s1. The van der Waals surface area contributed by atoms with Crippen molar-refractivity contribution in [2.24, 2.45) is 40.4 Å². The molecule has 0 heterocycles. The zero-order chi connectivity index (χ0) is 21.1. The molecule has 4 nitrogen and oxygen atoms in total. The van der Waals surface area contributed by atoms with Gasteiger partial charge >= 0.3 is 0 Å². The zero-order valence-electron chi connectivity index (χ0n) is 19.5. The Bertz CT molecular complexity index is 636. The van der Waals surface area contributed by atoms with Gasteiger partial charge in [0.1, 0.15) is 5.78 Å². The van der Waals surface area contributed by atoms with Crippen LogP contribution < -0.4 is 0 Å². The van der Waals surface area contributed by atoms with E-state index in [1.165, 1.54) is 19.3 Å². The number of carbonyl (C=O) groups is 1. The maximum atomic E-state index is 12.5. The molecular formula is C25H43NO3. The summed E-state index contributed by atoms with van der Waals surface area (Å²) < 4.78 is 6.03. The molecule has 4 rings (SSSR count). The largest absolute Gasteiger partial charge is 0.390 e. The molecule has 29 heavy (non-hydrogen) atoms. The third-order valence-corrected chi connectivity index (χ3v) is 10.1. The van der Waals surface area contributed by atoms with Gasteiger partial charge in [-0.05, 0) is 107 Å². The lowest BCUT2D eigenvalue weighted by Crippen LogP contribution is -2.63. The Morgan fingerprint density at radius 1 is 1.10 bits per heavy atom. The molecule has 4 aliphatic carbocycles. The normalized spacial score (nSPS) is 52.0. The highest BCUT2D eigenvalue weighted by Crippen LogP contribution is 2.68. The number of hydrogen-bond acceptors (Lipinski definition) is 4. The van der Waals surface area contributed by atoms with Crippen molar-refractivity contribution in [3.8, 4) is 0 Å². The summed E-state index contributed by atoms with van der Waals surface area (Å²) in [5, 5.41) is 10.7. The van der Waals surface area contributed by atoms with Crippen molar-refractivity contribution in [2.45, 2.75) is 90.9 Å². The lowest BCUT2D eigenvalue weighted by atomic mass is 9.43. The van der Waals surface area contributed by atoms with Gasteiger partial charge in [-0.25, -0.2) is 0 Å². The Balaban J connectivity index is 1.71. The van der Waals surface area contributed by atoms with Crippen LogP contribution in [0.5, 0.6) is 0 Å². The summed E-state index contributed by atoms with van der Waals surface area (Å²) in [6.07, 6.45) is 7.48. The molecule has 10 atom stereocenters. The molecule has 4 fully saturated rings. The first-order valence-corrected chi connectivity index (χ1v) is 12.1. The third-order valence-electron chi connectivity index (χ3n) is 10.1. The van der Waals surface area contributed by atoms with Gasteiger partial charge in [0.25, 0.3) is 0 Å². The number of aliphatic hydroxyl groups excluding tert-OH is 1. The first-order valence-electron chi connectivity index (χ1n) is 12.1. The van der Waals surface area contributed by atoms with Gasteiger partial charge < -0.3 is 14.7 Å². The molecule has 0 spiro atoms. The number of Topliss-reactive ketones (excluding diaryl/α,β-unsaturated/α-hetero) is 1. The van der Waals surface area contributed by atoms with E-state index in [0.717, 1.165) is 25.7 Å². The molecule has 4 saturated carbocycles. The van der Waals surface area contributed by atoms with Crippen LogP contribution >= 0.6 is 0 Å². The van der Waals surface area contributed by atoms with E-state index in [1.807, 2.05) is 13.8 Å². The van der Waals surface area contributed by atoms with E-state index < -0.39 is 0 Å². The van der Waals surface area contributed by atoms with Crippen molar-refractivity contribution >= 4 is 5.78 Å². The van der Waals surface area contributed by atoms with Crippen LogP contribution in [0.1, 0.15) is 72.6 Å². The number of nitrogens with zero attached hydrogens (tertiary/aromatic N) is 1. The highest BCUT2D eigenvalue weighted by atomic mass is 16.5. The fraction of sp³-hybridized carbons (Fsp3) is 0.960. The second kappa shape index (κ2) is 7.60. The molecule has 4 heteroatoms. The maximum Gasteiger partial charge on any atom is 0.133 e. The number of fused-ring (bicyclic) bond motifs is 5. The number of ether oxygens (including phenoxy) is 1. The summed E-state index contributed by atoms with van der Waals surface area (Å²) >= 11 is 0. The minimum atomic E-state index is -0.315. The van der Waals surface area contributed by atoms with E-state index in [2.05, 4.69) is 32.8 Å². The molecule has 166 valence electrons. The zero-order valence-corrected chi connectivity index (χ0v) is 19.5. The molecule has 1 N–H and O–H groups in total. The average molecular weight is 406 g/mol. The predicted octanol–water partition coefficient (Wildman–Crippen LogP) is 4.15. The van der Waals surface area contributed by atoms with Crippen LogP contribution in [0.3, 0.4) is 0 Å². The van der Waals surface area contributed by atoms with Gasteiger partial charge in [0, 0.05) is 18.6 Å². The van der Waals surface area contributed by atoms with Gasteiger partial charge in [0.05, 0.1) is 12.2 Å². The van der Waals surface area contributed by atoms with Gasteiger partial charge in [-0.3, -0.25) is 4.79 Å². The first-order chi connectivity index (χ1) is 13.6. The molecule has 4 aliphatic rings. The Labute approximate surface area is 177 Å². The topological polar surface area (TPSA) is 49.8 Å². The summed E-state index contributed by atoms with van der Waals surface area (Å²) in [5.74, 6) is 3.24. The Morgan fingerprint density at radius 3 is 2.45 bits per heavy atom. The van der Waals surface area contributed by atoms with E-state index in [0.29, 0.717) is 42.1 Å². The second-order valence-corrected chi connectivity index (χ2v) is 11.6. The fourth-order valence-electron chi connectivity index (χ4n) is 8.94. The van der Waals surface area contributed by atoms with Crippen LogP contribution in [-0.4, -0.2) is 54.7 Å². The summed E-state index contributed by atoms with van der Waals surface area (Å²) in [5.41, 5.74) is 0.366. The van der Waals surface area contributed by atoms with Crippen molar-refractivity contribution in [1.82, 2.24) is 4.90 Å². The first kappa shape index (κ1) is 21.8.